The third-order valence-corrected chi connectivity index (χ3v) is 17.0. The van der Waals surface area contributed by atoms with Gasteiger partial charge in [0.2, 0.25) is 0 Å². The zero-order valence-corrected chi connectivity index (χ0v) is 39.9. The number of nitrogens with zero attached hydrogens (tertiary/aromatic N) is 2. The Morgan fingerprint density at radius 3 is 1.95 bits per heavy atom. The van der Waals surface area contributed by atoms with Crippen molar-refractivity contribution in [1.82, 2.24) is 0 Å². The molecule has 4 heteroatoms. The van der Waals surface area contributed by atoms with Crippen molar-refractivity contribution in [2.75, 3.05) is 9.71 Å². The minimum atomic E-state index is -0.192. The molecule has 4 heterocycles. The average molecular weight is 827 g/mol. The van der Waals surface area contributed by atoms with Gasteiger partial charge in [0, 0.05) is 44.5 Å². The minimum absolute atomic E-state index is 0.00406. The predicted octanol–water partition coefficient (Wildman–Crippen LogP) is 14.8. The van der Waals surface area contributed by atoms with Crippen LogP contribution >= 0.6 is 0 Å². The highest BCUT2D eigenvalue weighted by molar-refractivity contribution is 6.94. The Bertz CT molecular complexity index is 3140. The maximum atomic E-state index is 6.98. The van der Waals surface area contributed by atoms with Crippen molar-refractivity contribution < 1.29 is 4.42 Å². The summed E-state index contributed by atoms with van der Waals surface area (Å²) in [6.07, 6.45) is 4.88. The van der Waals surface area contributed by atoms with Gasteiger partial charge in [0.1, 0.15) is 11.2 Å². The molecule has 0 spiro atoms. The lowest BCUT2D eigenvalue weighted by Crippen LogP contribution is -2.65. The lowest BCUT2D eigenvalue weighted by Gasteiger charge is -2.54. The lowest BCUT2D eigenvalue weighted by molar-refractivity contribution is 0.194. The molecule has 63 heavy (non-hydrogen) atoms. The van der Waals surface area contributed by atoms with Crippen LogP contribution < -0.4 is 20.6 Å². The Balaban J connectivity index is 1.29. The summed E-state index contributed by atoms with van der Waals surface area (Å²) in [4.78, 5) is 5.74. The highest BCUT2D eigenvalue weighted by atomic mass is 16.3. The van der Waals surface area contributed by atoms with E-state index in [-0.39, 0.29) is 39.5 Å². The first-order valence-corrected chi connectivity index (χ1v) is 23.8. The quantitative estimate of drug-likeness (QED) is 0.154. The molecule has 7 aromatic rings. The van der Waals surface area contributed by atoms with E-state index in [4.69, 9.17) is 4.42 Å². The van der Waals surface area contributed by atoms with E-state index in [0.717, 1.165) is 11.2 Å². The lowest BCUT2D eigenvalue weighted by atomic mass is 9.42. The Morgan fingerprint density at radius 1 is 0.556 bits per heavy atom. The summed E-state index contributed by atoms with van der Waals surface area (Å²) >= 11 is 0. The van der Waals surface area contributed by atoms with Crippen LogP contribution in [0.4, 0.5) is 22.7 Å². The third-order valence-electron chi connectivity index (χ3n) is 17.0. The first-order chi connectivity index (χ1) is 29.6. The monoisotopic (exact) mass is 827 g/mol. The summed E-state index contributed by atoms with van der Waals surface area (Å²) in [6.45, 7) is 31.3. The van der Waals surface area contributed by atoms with Gasteiger partial charge in [-0.15, -0.1) is 0 Å². The molecule has 2 aliphatic carbocycles. The Labute approximate surface area is 376 Å². The van der Waals surface area contributed by atoms with E-state index < -0.39 is 0 Å². The molecule has 3 nitrogen and oxygen atoms in total. The SMILES string of the molecule is CC(C)(C)c1ccc(N2B3c4cc(C(C)(C)C)cc5c4N(c4c3c(cc3c4C(C)(C)c4ccccc4-3)-c3ccc4oc6cc(C(C)(C)C)ccc6c4c32)C2(C)CCCCC52C)cc1. The number of benzene rings is 6. The van der Waals surface area contributed by atoms with Gasteiger partial charge in [-0.3, -0.25) is 0 Å². The molecule has 318 valence electrons. The molecule has 0 saturated heterocycles. The number of anilines is 4. The molecule has 1 fully saturated rings. The van der Waals surface area contributed by atoms with Gasteiger partial charge in [0.25, 0.3) is 0 Å². The minimum Gasteiger partial charge on any atom is -0.456 e. The van der Waals surface area contributed by atoms with E-state index in [1.54, 1.807) is 5.56 Å². The van der Waals surface area contributed by atoms with Gasteiger partial charge in [0.15, 0.2) is 0 Å². The highest BCUT2D eigenvalue weighted by Gasteiger charge is 2.63. The van der Waals surface area contributed by atoms with E-state index in [2.05, 4.69) is 197 Å². The van der Waals surface area contributed by atoms with Gasteiger partial charge in [0.05, 0.1) is 10.9 Å². The third kappa shape index (κ3) is 4.94. The maximum absolute atomic E-state index is 6.98. The second-order valence-corrected chi connectivity index (χ2v) is 24.1. The van der Waals surface area contributed by atoms with Gasteiger partial charge in [-0.05, 0) is 133 Å². The van der Waals surface area contributed by atoms with Crippen LogP contribution in [0.5, 0.6) is 0 Å². The molecular weight excluding hydrogens is 763 g/mol. The van der Waals surface area contributed by atoms with Crippen LogP contribution in [0.25, 0.3) is 44.2 Å². The Hall–Kier alpha value is -5.22. The molecule has 12 rings (SSSR count). The van der Waals surface area contributed by atoms with Crippen LogP contribution in [0.2, 0.25) is 0 Å². The van der Waals surface area contributed by atoms with Crippen molar-refractivity contribution in [1.29, 1.82) is 0 Å². The molecular formula is C59H63BN2O. The number of fused-ring (bicyclic) bond motifs is 15. The zero-order valence-electron chi connectivity index (χ0n) is 39.9. The van der Waals surface area contributed by atoms with Crippen LogP contribution in [0.3, 0.4) is 0 Å². The fourth-order valence-corrected chi connectivity index (χ4v) is 13.2. The molecule has 2 unspecified atom stereocenters. The summed E-state index contributed by atoms with van der Waals surface area (Å²) in [7, 11) is 0. The van der Waals surface area contributed by atoms with Crippen LogP contribution in [0.1, 0.15) is 149 Å². The second kappa shape index (κ2) is 12.1. The normalized spacial score (nSPS) is 21.6. The molecule has 0 bridgehead atoms. The van der Waals surface area contributed by atoms with Crippen LogP contribution in [0.15, 0.2) is 101 Å². The first kappa shape index (κ1) is 39.4. The first-order valence-electron chi connectivity index (χ1n) is 23.8. The van der Waals surface area contributed by atoms with Gasteiger partial charge in [-0.2, -0.15) is 0 Å². The molecule has 6 aromatic carbocycles. The number of hydrogen-bond donors (Lipinski definition) is 0. The van der Waals surface area contributed by atoms with Crippen LogP contribution in [-0.4, -0.2) is 12.4 Å². The zero-order chi connectivity index (χ0) is 44.1. The van der Waals surface area contributed by atoms with Gasteiger partial charge in [-0.1, -0.05) is 157 Å². The van der Waals surface area contributed by atoms with E-state index in [9.17, 15) is 0 Å². The molecule has 3 aliphatic heterocycles. The van der Waals surface area contributed by atoms with Crippen molar-refractivity contribution in [2.24, 2.45) is 0 Å². The van der Waals surface area contributed by atoms with Gasteiger partial charge >= 0.3 is 6.85 Å². The van der Waals surface area contributed by atoms with Gasteiger partial charge in [-0.25, -0.2) is 0 Å². The predicted molar refractivity (Wildman–Crippen MR) is 269 cm³/mol. The largest absolute Gasteiger partial charge is 0.456 e. The second-order valence-electron chi connectivity index (χ2n) is 24.1. The number of furan rings is 1. The van der Waals surface area contributed by atoms with Crippen molar-refractivity contribution >= 4 is 62.5 Å². The standard InChI is InChI=1S/C59H63BN2O/c1-54(2,3)34-20-23-37(24-21-34)62-51-39(26-27-46-48(51)40-25-22-35(55(4,5)6)32-47(40)63-46)42-33-41-38-18-14-15-19-43(38)57(10,11)49(41)53-50(42)60(62)45-31-36(56(7,8)9)30-44-52(45)61(53)59(13)29-17-16-28-58(44,59)12/h14-15,18-27,30-33H,16-17,28-29H2,1-13H3. The summed E-state index contributed by atoms with van der Waals surface area (Å²) in [5.74, 6) is 0. The summed E-state index contributed by atoms with van der Waals surface area (Å²) in [5, 5.41) is 2.38. The summed E-state index contributed by atoms with van der Waals surface area (Å²) in [5.41, 5.74) is 23.9. The summed E-state index contributed by atoms with van der Waals surface area (Å²) < 4.78 is 6.98. The molecule has 5 aliphatic rings. The van der Waals surface area contributed by atoms with Crippen molar-refractivity contribution in [3.8, 4) is 22.3 Å². The number of hydrogen-bond acceptors (Lipinski definition) is 3. The fraction of sp³-hybridized carbons (Fsp3) is 0.390. The van der Waals surface area contributed by atoms with Crippen LogP contribution in [-0.2, 0) is 27.1 Å². The Morgan fingerprint density at radius 2 is 1.24 bits per heavy atom. The Kier molecular flexibility index (Phi) is 7.57. The number of rotatable bonds is 1. The van der Waals surface area contributed by atoms with Crippen molar-refractivity contribution in [3.05, 3.63) is 130 Å². The van der Waals surface area contributed by atoms with Crippen molar-refractivity contribution in [2.45, 2.75) is 148 Å². The highest BCUT2D eigenvalue weighted by Crippen LogP contribution is 2.66. The molecule has 2 atom stereocenters. The van der Waals surface area contributed by atoms with Crippen LogP contribution in [0, 0.1) is 0 Å². The molecule has 0 amide bonds. The summed E-state index contributed by atoms with van der Waals surface area (Å²) in [6, 6.07) is 38.5. The fourth-order valence-electron chi connectivity index (χ4n) is 13.2. The van der Waals surface area contributed by atoms with E-state index in [0.29, 0.717) is 0 Å². The molecule has 0 N–H and O–H groups in total. The average Bonchev–Trinajstić information content (AvgIpc) is 3.79. The van der Waals surface area contributed by atoms with Crippen molar-refractivity contribution in [3.63, 3.8) is 0 Å². The maximum Gasteiger partial charge on any atom is 0.333 e. The van der Waals surface area contributed by atoms with E-state index in [1.165, 1.54) is 120 Å². The molecule has 1 saturated carbocycles. The smallest absolute Gasteiger partial charge is 0.333 e. The molecule has 0 radical (unpaired) electrons. The van der Waals surface area contributed by atoms with E-state index >= 15 is 0 Å². The topological polar surface area (TPSA) is 19.6 Å². The van der Waals surface area contributed by atoms with E-state index in [1.807, 2.05) is 0 Å². The van der Waals surface area contributed by atoms with Gasteiger partial charge < -0.3 is 14.1 Å². The molecule has 1 aromatic heterocycles.